The highest BCUT2D eigenvalue weighted by atomic mass is 32.2. The highest BCUT2D eigenvalue weighted by molar-refractivity contribution is 8.00. The summed E-state index contributed by atoms with van der Waals surface area (Å²) >= 11 is 1.67. The van der Waals surface area contributed by atoms with Gasteiger partial charge in [0.2, 0.25) is 5.91 Å². The van der Waals surface area contributed by atoms with Crippen LogP contribution in [0.25, 0.3) is 0 Å². The number of thioether (sulfide) groups is 1. The van der Waals surface area contributed by atoms with Crippen LogP contribution in [0.5, 0.6) is 0 Å². The van der Waals surface area contributed by atoms with Crippen molar-refractivity contribution in [3.05, 3.63) is 71.3 Å². The van der Waals surface area contributed by atoms with Gasteiger partial charge in [-0.05, 0) is 48.4 Å². The number of likely N-dealkylation sites (tertiary alicyclic amines) is 1. The van der Waals surface area contributed by atoms with Crippen molar-refractivity contribution in [1.82, 2.24) is 9.80 Å². The molecule has 29 heavy (non-hydrogen) atoms. The fourth-order valence-electron chi connectivity index (χ4n) is 4.05. The van der Waals surface area contributed by atoms with E-state index in [9.17, 15) is 9.59 Å². The number of hydrogen-bond acceptors (Lipinski definition) is 3. The van der Waals surface area contributed by atoms with Crippen molar-refractivity contribution < 1.29 is 9.59 Å². The van der Waals surface area contributed by atoms with E-state index in [4.69, 9.17) is 0 Å². The first-order valence-corrected chi connectivity index (χ1v) is 11.5. The summed E-state index contributed by atoms with van der Waals surface area (Å²) in [6.07, 6.45) is 3.02. The predicted molar refractivity (Wildman–Crippen MR) is 118 cm³/mol. The van der Waals surface area contributed by atoms with Crippen LogP contribution in [0.15, 0.2) is 54.6 Å². The topological polar surface area (TPSA) is 40.6 Å². The van der Waals surface area contributed by atoms with E-state index in [0.717, 1.165) is 43.5 Å². The maximum Gasteiger partial charge on any atom is 0.253 e. The summed E-state index contributed by atoms with van der Waals surface area (Å²) in [5, 5.41) is 0.0335. The largest absolute Gasteiger partial charge is 0.339 e. The van der Waals surface area contributed by atoms with Crippen LogP contribution >= 0.6 is 11.8 Å². The molecule has 0 bridgehead atoms. The number of benzene rings is 2. The average molecular weight is 409 g/mol. The first kappa shape index (κ1) is 20.0. The van der Waals surface area contributed by atoms with Crippen LogP contribution in [0.3, 0.4) is 0 Å². The average Bonchev–Trinajstić information content (AvgIpc) is 3.13. The molecule has 0 spiro atoms. The van der Waals surface area contributed by atoms with Crippen molar-refractivity contribution in [2.75, 3.05) is 25.4 Å². The Morgan fingerprint density at radius 3 is 2.41 bits per heavy atom. The Balaban J connectivity index is 1.42. The molecule has 0 aliphatic carbocycles. The maximum absolute atomic E-state index is 12.8. The summed E-state index contributed by atoms with van der Waals surface area (Å²) in [7, 11) is 0. The second kappa shape index (κ2) is 9.04. The lowest BCUT2D eigenvalue weighted by Gasteiger charge is -2.30. The van der Waals surface area contributed by atoms with Gasteiger partial charge in [0.05, 0.1) is 5.75 Å². The third-order valence-corrected chi connectivity index (χ3v) is 7.22. The molecular formula is C24H28N2O2S. The van der Waals surface area contributed by atoms with Crippen LogP contribution in [0, 0.1) is 5.92 Å². The zero-order chi connectivity index (χ0) is 20.2. The van der Waals surface area contributed by atoms with E-state index in [1.165, 1.54) is 5.56 Å². The van der Waals surface area contributed by atoms with Gasteiger partial charge in [0, 0.05) is 25.2 Å². The van der Waals surface area contributed by atoms with E-state index in [2.05, 4.69) is 19.1 Å². The van der Waals surface area contributed by atoms with Gasteiger partial charge in [0.15, 0.2) is 0 Å². The van der Waals surface area contributed by atoms with Crippen molar-refractivity contribution >= 4 is 23.6 Å². The van der Waals surface area contributed by atoms with E-state index in [1.54, 1.807) is 11.8 Å². The van der Waals surface area contributed by atoms with Gasteiger partial charge in [0.1, 0.15) is 5.37 Å². The molecule has 2 heterocycles. The first-order valence-electron chi connectivity index (χ1n) is 10.5. The fraction of sp³-hybridized carbons (Fsp3) is 0.417. The molecule has 0 N–H and O–H groups in total. The number of nitrogens with zero attached hydrogens (tertiary/aromatic N) is 2. The molecule has 4 nitrogen and oxygen atoms in total. The van der Waals surface area contributed by atoms with Gasteiger partial charge in [-0.1, -0.05) is 49.4 Å². The summed E-state index contributed by atoms with van der Waals surface area (Å²) in [5.74, 6) is 1.55. The van der Waals surface area contributed by atoms with Crippen molar-refractivity contribution in [2.45, 2.75) is 31.6 Å². The minimum Gasteiger partial charge on any atom is -0.339 e. The molecule has 2 aliphatic heterocycles. The Morgan fingerprint density at radius 1 is 1.03 bits per heavy atom. The minimum absolute atomic E-state index is 0.0335. The smallest absolute Gasteiger partial charge is 0.253 e. The van der Waals surface area contributed by atoms with Crippen LogP contribution in [0.4, 0.5) is 0 Å². The minimum atomic E-state index is 0.0335. The number of carbonyl (C=O) groups excluding carboxylic acids is 2. The second-order valence-corrected chi connectivity index (χ2v) is 9.15. The van der Waals surface area contributed by atoms with E-state index in [0.29, 0.717) is 18.2 Å². The summed E-state index contributed by atoms with van der Waals surface area (Å²) in [6, 6.07) is 18.2. The molecule has 5 heteroatoms. The van der Waals surface area contributed by atoms with Crippen molar-refractivity contribution in [2.24, 2.45) is 5.92 Å². The SMILES string of the molecule is CC1CCN(C(=O)c2ccc(C3SCC(=O)N3CCc3ccccc3)cc2)CC1. The first-order chi connectivity index (χ1) is 14.1. The Morgan fingerprint density at radius 2 is 1.72 bits per heavy atom. The number of piperidine rings is 1. The second-order valence-electron chi connectivity index (χ2n) is 8.08. The van der Waals surface area contributed by atoms with Gasteiger partial charge in [-0.15, -0.1) is 11.8 Å². The Labute approximate surface area is 177 Å². The lowest BCUT2D eigenvalue weighted by atomic mass is 9.98. The molecule has 2 aliphatic rings. The summed E-state index contributed by atoms with van der Waals surface area (Å²) in [4.78, 5) is 29.1. The third kappa shape index (κ3) is 4.67. The molecule has 1 atom stereocenters. The lowest BCUT2D eigenvalue weighted by Crippen LogP contribution is -2.37. The Kier molecular flexibility index (Phi) is 6.24. The van der Waals surface area contributed by atoms with Gasteiger partial charge in [-0.25, -0.2) is 0 Å². The van der Waals surface area contributed by atoms with Gasteiger partial charge >= 0.3 is 0 Å². The Hall–Kier alpha value is -2.27. The summed E-state index contributed by atoms with van der Waals surface area (Å²) in [6.45, 7) is 4.66. The molecule has 0 radical (unpaired) electrons. The molecule has 2 aromatic rings. The lowest BCUT2D eigenvalue weighted by molar-refractivity contribution is -0.128. The molecule has 2 saturated heterocycles. The van der Waals surface area contributed by atoms with Gasteiger partial charge < -0.3 is 9.80 Å². The Bertz CT molecular complexity index is 845. The van der Waals surface area contributed by atoms with Crippen LogP contribution < -0.4 is 0 Å². The van der Waals surface area contributed by atoms with E-state index in [1.807, 2.05) is 52.3 Å². The molecule has 2 aromatic carbocycles. The quantitative estimate of drug-likeness (QED) is 0.737. The van der Waals surface area contributed by atoms with Crippen LogP contribution in [0.1, 0.15) is 46.6 Å². The highest BCUT2D eigenvalue weighted by Gasteiger charge is 2.32. The zero-order valence-electron chi connectivity index (χ0n) is 16.9. The molecule has 1 unspecified atom stereocenters. The third-order valence-electron chi connectivity index (χ3n) is 5.97. The standard InChI is InChI=1S/C24H28N2O2S/c1-18-11-14-25(15-12-18)23(28)20-7-9-21(10-8-20)24-26(22(27)17-29-24)16-13-19-5-3-2-4-6-19/h2-10,18,24H,11-17H2,1H3. The highest BCUT2D eigenvalue weighted by Crippen LogP contribution is 2.38. The molecular weight excluding hydrogens is 380 g/mol. The zero-order valence-corrected chi connectivity index (χ0v) is 17.7. The van der Waals surface area contributed by atoms with Crippen LogP contribution in [-0.2, 0) is 11.2 Å². The number of hydrogen-bond donors (Lipinski definition) is 0. The van der Waals surface area contributed by atoms with Crippen molar-refractivity contribution in [1.29, 1.82) is 0 Å². The normalized spacial score (nSPS) is 20.3. The van der Waals surface area contributed by atoms with Gasteiger partial charge in [0.25, 0.3) is 5.91 Å². The number of rotatable bonds is 5. The number of amides is 2. The van der Waals surface area contributed by atoms with Gasteiger partial charge in [-0.2, -0.15) is 0 Å². The van der Waals surface area contributed by atoms with Crippen LogP contribution in [-0.4, -0.2) is 47.0 Å². The van der Waals surface area contributed by atoms with Crippen LogP contribution in [0.2, 0.25) is 0 Å². The predicted octanol–water partition coefficient (Wildman–Crippen LogP) is 4.38. The van der Waals surface area contributed by atoms with E-state index >= 15 is 0 Å². The van der Waals surface area contributed by atoms with E-state index < -0.39 is 0 Å². The number of carbonyl (C=O) groups is 2. The summed E-state index contributed by atoms with van der Waals surface area (Å²) < 4.78 is 0. The summed E-state index contributed by atoms with van der Waals surface area (Å²) in [5.41, 5.74) is 3.08. The molecule has 2 fully saturated rings. The van der Waals surface area contributed by atoms with Crippen molar-refractivity contribution in [3.63, 3.8) is 0 Å². The van der Waals surface area contributed by atoms with E-state index in [-0.39, 0.29) is 17.2 Å². The molecule has 2 amide bonds. The maximum atomic E-state index is 12.8. The molecule has 4 rings (SSSR count). The fourth-order valence-corrected chi connectivity index (χ4v) is 5.27. The molecule has 152 valence electrons. The molecule has 0 aromatic heterocycles. The monoisotopic (exact) mass is 408 g/mol. The van der Waals surface area contributed by atoms with Crippen molar-refractivity contribution in [3.8, 4) is 0 Å². The van der Waals surface area contributed by atoms with Gasteiger partial charge in [-0.3, -0.25) is 9.59 Å². The molecule has 0 saturated carbocycles.